The van der Waals surface area contributed by atoms with Crippen LogP contribution in [-0.4, -0.2) is 42.8 Å². The van der Waals surface area contributed by atoms with Crippen LogP contribution in [0.2, 0.25) is 0 Å². The van der Waals surface area contributed by atoms with Gasteiger partial charge in [0.25, 0.3) is 0 Å². The number of rotatable bonds is 3. The molecule has 0 spiro atoms. The molecule has 0 N–H and O–H groups in total. The Hall–Kier alpha value is -3.16. The van der Waals surface area contributed by atoms with Crippen LogP contribution in [0.15, 0.2) is 71.6 Å². The molecule has 1 aromatic heterocycles. The largest absolute Gasteiger partial charge is 0.344 e. The van der Waals surface area contributed by atoms with E-state index in [2.05, 4.69) is 10.6 Å². The third-order valence-corrected chi connectivity index (χ3v) is 9.37. The van der Waals surface area contributed by atoms with E-state index in [1.165, 1.54) is 5.56 Å². The lowest BCUT2D eigenvalue weighted by atomic mass is 9.96. The summed E-state index contributed by atoms with van der Waals surface area (Å²) in [5.74, 6) is -0.0164. The maximum absolute atomic E-state index is 13.5. The van der Waals surface area contributed by atoms with E-state index < -0.39 is 10.0 Å². The number of anilines is 1. The van der Waals surface area contributed by atoms with E-state index in [4.69, 9.17) is 0 Å². The van der Waals surface area contributed by atoms with Crippen molar-refractivity contribution in [1.29, 1.82) is 0 Å². The third kappa shape index (κ3) is 3.26. The van der Waals surface area contributed by atoms with Gasteiger partial charge in [-0.25, -0.2) is 8.42 Å². The molecule has 0 atom stereocenters. The SMILES string of the molecule is Cn1c2ccccc2c2cc(S(=O)(=O)N3CCC(C(=O)N4CCc5ccccc54)CC3)ccc21. The standard InChI is InChI=1S/C27H27N3O3S/c1-28-25-9-5-3-7-22(25)23-18-21(10-11-26(23)28)34(32,33)29-15-12-20(13-16-29)27(31)30-17-14-19-6-2-4-8-24(19)30/h2-11,18,20H,12-17H2,1H3. The highest BCUT2D eigenvalue weighted by Gasteiger charge is 2.36. The fourth-order valence-corrected chi connectivity index (χ4v) is 7.08. The van der Waals surface area contributed by atoms with E-state index in [1.54, 1.807) is 16.4 Å². The fraction of sp³-hybridized carbons (Fsp3) is 0.296. The molecular weight excluding hydrogens is 446 g/mol. The van der Waals surface area contributed by atoms with Gasteiger partial charge in [-0.05, 0) is 55.2 Å². The Bertz CT molecular complexity index is 1530. The molecule has 0 radical (unpaired) electrons. The number of benzene rings is 3. The molecule has 174 valence electrons. The lowest BCUT2D eigenvalue weighted by Crippen LogP contribution is -2.44. The minimum Gasteiger partial charge on any atom is -0.344 e. The summed E-state index contributed by atoms with van der Waals surface area (Å²) in [7, 11) is -1.63. The number of hydrogen-bond acceptors (Lipinski definition) is 3. The summed E-state index contributed by atoms with van der Waals surface area (Å²) in [6.45, 7) is 1.44. The normalized spacial score (nSPS) is 17.5. The molecule has 1 amide bonds. The number of aryl methyl sites for hydroxylation is 1. The minimum absolute atomic E-state index is 0.124. The number of carbonyl (C=O) groups is 1. The van der Waals surface area contributed by atoms with Crippen molar-refractivity contribution in [3.8, 4) is 0 Å². The van der Waals surface area contributed by atoms with Crippen LogP contribution < -0.4 is 4.90 Å². The number of nitrogens with zero attached hydrogens (tertiary/aromatic N) is 3. The van der Waals surface area contributed by atoms with Crippen LogP contribution in [-0.2, 0) is 28.3 Å². The highest BCUT2D eigenvalue weighted by atomic mass is 32.2. The zero-order valence-electron chi connectivity index (χ0n) is 19.1. The Kier molecular flexibility index (Phi) is 5.00. The summed E-state index contributed by atoms with van der Waals surface area (Å²) in [5, 5.41) is 1.99. The molecule has 34 heavy (non-hydrogen) atoms. The van der Waals surface area contributed by atoms with Crippen molar-refractivity contribution in [2.24, 2.45) is 13.0 Å². The van der Waals surface area contributed by atoms with Gasteiger partial charge < -0.3 is 9.47 Å². The van der Waals surface area contributed by atoms with Gasteiger partial charge in [-0.3, -0.25) is 4.79 Å². The number of fused-ring (bicyclic) bond motifs is 4. The Morgan fingerprint density at radius 2 is 1.56 bits per heavy atom. The minimum atomic E-state index is -3.63. The van der Waals surface area contributed by atoms with E-state index >= 15 is 0 Å². The van der Waals surface area contributed by atoms with Gasteiger partial charge in [0.05, 0.1) is 4.90 Å². The molecule has 7 heteroatoms. The Morgan fingerprint density at radius 3 is 2.38 bits per heavy atom. The van der Waals surface area contributed by atoms with Gasteiger partial charge in [0.1, 0.15) is 0 Å². The van der Waals surface area contributed by atoms with Crippen LogP contribution in [0.5, 0.6) is 0 Å². The Labute approximate surface area is 199 Å². The molecule has 2 aliphatic rings. The van der Waals surface area contributed by atoms with Crippen molar-refractivity contribution < 1.29 is 13.2 Å². The molecule has 3 aromatic carbocycles. The zero-order chi connectivity index (χ0) is 23.4. The molecule has 0 unspecified atom stereocenters. The second kappa shape index (κ2) is 7.96. The van der Waals surface area contributed by atoms with Gasteiger partial charge >= 0.3 is 0 Å². The fourth-order valence-electron chi connectivity index (χ4n) is 5.59. The first kappa shape index (κ1) is 21.4. The highest BCUT2D eigenvalue weighted by molar-refractivity contribution is 7.89. The lowest BCUT2D eigenvalue weighted by molar-refractivity contribution is -0.123. The molecule has 4 aromatic rings. The lowest BCUT2D eigenvalue weighted by Gasteiger charge is -2.32. The average Bonchev–Trinajstić information content (AvgIpc) is 3.43. The average molecular weight is 474 g/mol. The predicted molar refractivity (Wildman–Crippen MR) is 134 cm³/mol. The number of sulfonamides is 1. The maximum Gasteiger partial charge on any atom is 0.243 e. The van der Waals surface area contributed by atoms with Crippen LogP contribution in [0.1, 0.15) is 18.4 Å². The predicted octanol–water partition coefficient (Wildman–Crippen LogP) is 4.32. The van der Waals surface area contributed by atoms with Gasteiger partial charge in [-0.2, -0.15) is 4.31 Å². The van der Waals surface area contributed by atoms with Crippen LogP contribution in [0.3, 0.4) is 0 Å². The van der Waals surface area contributed by atoms with Crippen LogP contribution in [0, 0.1) is 5.92 Å². The first-order chi connectivity index (χ1) is 16.4. The van der Waals surface area contributed by atoms with Crippen molar-refractivity contribution in [3.05, 3.63) is 72.3 Å². The first-order valence-electron chi connectivity index (χ1n) is 11.8. The molecule has 3 heterocycles. The maximum atomic E-state index is 13.5. The Balaban J connectivity index is 1.22. The van der Waals surface area contributed by atoms with Crippen LogP contribution in [0.4, 0.5) is 5.69 Å². The van der Waals surface area contributed by atoms with Gasteiger partial charge in [0, 0.05) is 60.1 Å². The van der Waals surface area contributed by atoms with Crippen LogP contribution in [0.25, 0.3) is 21.8 Å². The number of carbonyl (C=O) groups excluding carboxylic acids is 1. The molecule has 0 bridgehead atoms. The quantitative estimate of drug-likeness (QED) is 0.445. The smallest absolute Gasteiger partial charge is 0.243 e. The first-order valence-corrected chi connectivity index (χ1v) is 13.3. The van der Waals surface area contributed by atoms with Crippen molar-refractivity contribution >= 4 is 43.4 Å². The molecular formula is C27H27N3O3S. The number of para-hydroxylation sites is 2. The molecule has 0 saturated carbocycles. The van der Waals surface area contributed by atoms with E-state index in [1.807, 2.05) is 60.5 Å². The monoisotopic (exact) mass is 473 g/mol. The summed E-state index contributed by atoms with van der Waals surface area (Å²) in [6.07, 6.45) is 1.98. The summed E-state index contributed by atoms with van der Waals surface area (Å²) < 4.78 is 30.6. The van der Waals surface area contributed by atoms with Crippen molar-refractivity contribution in [3.63, 3.8) is 0 Å². The molecule has 0 aliphatic carbocycles. The molecule has 6 nitrogen and oxygen atoms in total. The van der Waals surface area contributed by atoms with Gasteiger partial charge in [0.15, 0.2) is 0 Å². The van der Waals surface area contributed by atoms with Crippen molar-refractivity contribution in [1.82, 2.24) is 8.87 Å². The van der Waals surface area contributed by atoms with Gasteiger partial charge in [-0.15, -0.1) is 0 Å². The van der Waals surface area contributed by atoms with Gasteiger partial charge in [0.2, 0.25) is 15.9 Å². The number of aromatic nitrogens is 1. The number of amides is 1. The molecule has 1 saturated heterocycles. The second-order valence-corrected chi connectivity index (χ2v) is 11.2. The summed E-state index contributed by atoms with van der Waals surface area (Å²) in [5.41, 5.74) is 4.30. The topological polar surface area (TPSA) is 62.6 Å². The second-order valence-electron chi connectivity index (χ2n) is 9.30. The zero-order valence-corrected chi connectivity index (χ0v) is 20.0. The van der Waals surface area contributed by atoms with E-state index in [0.717, 1.165) is 33.9 Å². The van der Waals surface area contributed by atoms with E-state index in [-0.39, 0.29) is 11.8 Å². The summed E-state index contributed by atoms with van der Waals surface area (Å²) in [6, 6.07) is 21.5. The van der Waals surface area contributed by atoms with Crippen molar-refractivity contribution in [2.45, 2.75) is 24.2 Å². The van der Waals surface area contributed by atoms with E-state index in [0.29, 0.717) is 37.4 Å². The summed E-state index contributed by atoms with van der Waals surface area (Å²) >= 11 is 0. The van der Waals surface area contributed by atoms with E-state index in [9.17, 15) is 13.2 Å². The summed E-state index contributed by atoms with van der Waals surface area (Å²) in [4.78, 5) is 15.4. The number of hydrogen-bond donors (Lipinski definition) is 0. The molecule has 6 rings (SSSR count). The van der Waals surface area contributed by atoms with Crippen LogP contribution >= 0.6 is 0 Å². The highest BCUT2D eigenvalue weighted by Crippen LogP contribution is 2.34. The Morgan fingerprint density at radius 1 is 0.853 bits per heavy atom. The molecule has 1 fully saturated rings. The molecule has 2 aliphatic heterocycles. The van der Waals surface area contributed by atoms with Gasteiger partial charge in [-0.1, -0.05) is 36.4 Å². The number of piperidine rings is 1. The van der Waals surface area contributed by atoms with Crippen molar-refractivity contribution in [2.75, 3.05) is 24.5 Å². The third-order valence-electron chi connectivity index (χ3n) is 7.48.